The van der Waals surface area contributed by atoms with Gasteiger partial charge in [-0.2, -0.15) is 0 Å². The molecule has 4 aliphatic rings. The maximum absolute atomic E-state index is 13.4. The molecule has 2 fully saturated rings. The summed E-state index contributed by atoms with van der Waals surface area (Å²) < 4.78 is 33.5. The van der Waals surface area contributed by atoms with Crippen LogP contribution in [0.5, 0.6) is 0 Å². The molecule has 3 aliphatic carbocycles. The lowest BCUT2D eigenvalue weighted by Gasteiger charge is -2.44. The third-order valence-corrected chi connectivity index (χ3v) is 16.8. The zero-order chi connectivity index (χ0) is 25.1. The fourth-order valence-electron chi connectivity index (χ4n) is 7.35. The highest BCUT2D eigenvalue weighted by Gasteiger charge is 2.51. The minimum absolute atomic E-state index is 0.0745. The molecule has 2 unspecified atom stereocenters. The summed E-state index contributed by atoms with van der Waals surface area (Å²) in [6, 6.07) is 0. The van der Waals surface area contributed by atoms with Gasteiger partial charge in [-0.05, 0) is 92.3 Å². The Hall–Kier alpha value is -0.723. The Bertz CT molecular complexity index is 986. The molecule has 0 saturated heterocycles. The molecule has 0 aromatic carbocycles. The van der Waals surface area contributed by atoms with E-state index in [1.54, 1.807) is 0 Å². The van der Waals surface area contributed by atoms with Crippen molar-refractivity contribution in [3.63, 3.8) is 0 Å². The van der Waals surface area contributed by atoms with E-state index in [9.17, 15) is 13.2 Å². The third-order valence-electron chi connectivity index (χ3n) is 10.3. The molecule has 34 heavy (non-hydrogen) atoms. The smallest absolute Gasteiger partial charge is 0.192 e. The molecule has 6 heteroatoms. The average Bonchev–Trinajstić information content (AvgIpc) is 3.20. The first kappa shape index (κ1) is 26.3. The van der Waals surface area contributed by atoms with Crippen LogP contribution in [-0.4, -0.2) is 40.1 Å². The first-order valence-electron chi connectivity index (χ1n) is 13.5. The second-order valence-electron chi connectivity index (χ2n) is 13.4. The Morgan fingerprint density at radius 3 is 2.50 bits per heavy atom. The summed E-state index contributed by atoms with van der Waals surface area (Å²) >= 11 is 0. The normalized spacial score (nSPS) is 38.0. The highest BCUT2D eigenvalue weighted by Crippen LogP contribution is 2.59. The lowest BCUT2D eigenvalue weighted by atomic mass is 9.61. The molecule has 0 aromatic heterocycles. The van der Waals surface area contributed by atoms with Crippen LogP contribution in [0.2, 0.25) is 18.1 Å². The van der Waals surface area contributed by atoms with Crippen LogP contribution in [0.15, 0.2) is 22.8 Å². The van der Waals surface area contributed by atoms with Gasteiger partial charge in [0, 0.05) is 12.0 Å². The second-order valence-corrected chi connectivity index (χ2v) is 20.3. The van der Waals surface area contributed by atoms with Crippen molar-refractivity contribution in [1.82, 2.24) is 0 Å². The Kier molecular flexibility index (Phi) is 6.96. The molecule has 192 valence electrons. The van der Waals surface area contributed by atoms with Gasteiger partial charge in [0.25, 0.3) is 0 Å². The maximum atomic E-state index is 13.4. The highest BCUT2D eigenvalue weighted by atomic mass is 32.2. The van der Waals surface area contributed by atoms with Crippen LogP contribution in [0.4, 0.5) is 0 Å². The van der Waals surface area contributed by atoms with Gasteiger partial charge in [0.15, 0.2) is 18.2 Å². The van der Waals surface area contributed by atoms with E-state index in [4.69, 9.17) is 4.43 Å². The SMILES string of the molecule is CC(C=O)[C@H]1CC[C@H]2/C(=C/C3C4=C(CC[C@H](O[Si](C)(C)C(C)(C)C)C4)CS3(=O)=O)CCC[C@]12C. The molecular formula is C28H46O4SSi. The first-order valence-corrected chi connectivity index (χ1v) is 18.1. The van der Waals surface area contributed by atoms with Crippen molar-refractivity contribution < 1.29 is 17.6 Å². The van der Waals surface area contributed by atoms with Crippen LogP contribution in [0.25, 0.3) is 0 Å². The molecule has 0 aromatic rings. The summed E-state index contributed by atoms with van der Waals surface area (Å²) in [5.41, 5.74) is 3.77. The predicted molar refractivity (Wildman–Crippen MR) is 142 cm³/mol. The van der Waals surface area contributed by atoms with E-state index in [1.165, 1.54) is 5.57 Å². The zero-order valence-corrected chi connectivity index (χ0v) is 24.3. The number of carbonyl (C=O) groups is 1. The fourth-order valence-corrected chi connectivity index (χ4v) is 10.8. The number of carbonyl (C=O) groups excluding carboxylic acids is 1. The van der Waals surface area contributed by atoms with Gasteiger partial charge < -0.3 is 9.22 Å². The van der Waals surface area contributed by atoms with E-state index >= 15 is 0 Å². The van der Waals surface area contributed by atoms with Crippen molar-refractivity contribution in [2.24, 2.45) is 23.2 Å². The van der Waals surface area contributed by atoms with Crippen LogP contribution in [0.3, 0.4) is 0 Å². The van der Waals surface area contributed by atoms with Crippen molar-refractivity contribution in [2.75, 3.05) is 5.75 Å². The quantitative estimate of drug-likeness (QED) is 0.238. The van der Waals surface area contributed by atoms with E-state index in [0.717, 1.165) is 68.8 Å². The maximum Gasteiger partial charge on any atom is 0.192 e. The second kappa shape index (κ2) is 8.99. The number of hydrogen-bond acceptors (Lipinski definition) is 4. The summed E-state index contributed by atoms with van der Waals surface area (Å²) in [5.74, 6) is 1.13. The summed E-state index contributed by atoms with van der Waals surface area (Å²) in [4.78, 5) is 11.6. The molecule has 4 nitrogen and oxygen atoms in total. The molecule has 0 amide bonds. The van der Waals surface area contributed by atoms with Crippen molar-refractivity contribution in [3.05, 3.63) is 22.8 Å². The minimum Gasteiger partial charge on any atom is -0.414 e. The molecule has 0 spiro atoms. The lowest BCUT2D eigenvalue weighted by Crippen LogP contribution is -2.44. The Labute approximate surface area is 209 Å². The Morgan fingerprint density at radius 2 is 1.85 bits per heavy atom. The number of aldehydes is 1. The monoisotopic (exact) mass is 506 g/mol. The van der Waals surface area contributed by atoms with E-state index in [2.05, 4.69) is 53.8 Å². The van der Waals surface area contributed by atoms with Crippen molar-refractivity contribution in [2.45, 2.75) is 115 Å². The topological polar surface area (TPSA) is 60.4 Å². The molecule has 0 N–H and O–H groups in total. The molecule has 1 heterocycles. The van der Waals surface area contributed by atoms with Crippen molar-refractivity contribution in [3.8, 4) is 0 Å². The van der Waals surface area contributed by atoms with Crippen molar-refractivity contribution >= 4 is 24.4 Å². The van der Waals surface area contributed by atoms with Gasteiger partial charge in [0.05, 0.1) is 5.75 Å². The van der Waals surface area contributed by atoms with Crippen LogP contribution in [0.1, 0.15) is 86.0 Å². The molecule has 4 rings (SSSR count). The number of hydrogen-bond donors (Lipinski definition) is 0. The fraction of sp³-hybridized carbons (Fsp3) is 0.821. The molecule has 0 bridgehead atoms. The van der Waals surface area contributed by atoms with E-state index in [1.807, 2.05) is 0 Å². The van der Waals surface area contributed by atoms with E-state index in [-0.39, 0.29) is 28.2 Å². The number of allylic oxidation sites excluding steroid dienone is 1. The van der Waals surface area contributed by atoms with Crippen molar-refractivity contribution in [1.29, 1.82) is 0 Å². The Balaban J connectivity index is 1.60. The van der Waals surface area contributed by atoms with Gasteiger partial charge in [-0.25, -0.2) is 8.42 Å². The van der Waals surface area contributed by atoms with Gasteiger partial charge >= 0.3 is 0 Å². The lowest BCUT2D eigenvalue weighted by molar-refractivity contribution is -0.113. The van der Waals surface area contributed by atoms with Gasteiger partial charge in [-0.15, -0.1) is 0 Å². The standard InChI is InChI=1S/C28H46O4SSi/c1-19(17-29)24-12-13-25-20(9-8-14-28(24,25)5)15-26-23-16-22(32-34(6,7)27(2,3)4)11-10-21(23)18-33(26,30)31/h15,17,19,22,24-26H,8-14,16,18H2,1-7H3/b20-15+/t19?,22-,24+,25-,26?,28+/m0/s1. The van der Waals surface area contributed by atoms with Gasteiger partial charge in [0.1, 0.15) is 11.5 Å². The predicted octanol–water partition coefficient (Wildman–Crippen LogP) is 6.63. The van der Waals surface area contributed by atoms with Gasteiger partial charge in [0.2, 0.25) is 0 Å². The minimum atomic E-state index is -3.20. The molecule has 0 radical (unpaired) electrons. The van der Waals surface area contributed by atoms with E-state index in [0.29, 0.717) is 11.8 Å². The summed E-state index contributed by atoms with van der Waals surface area (Å²) in [6.45, 7) is 15.8. The molecule has 1 aliphatic heterocycles. The average molecular weight is 507 g/mol. The van der Waals surface area contributed by atoms with E-state index < -0.39 is 23.4 Å². The summed E-state index contributed by atoms with van der Waals surface area (Å²) in [6.07, 6.45) is 11.4. The van der Waals surface area contributed by atoms with Crippen LogP contribution in [-0.2, 0) is 19.1 Å². The van der Waals surface area contributed by atoms with Crippen LogP contribution >= 0.6 is 0 Å². The highest BCUT2D eigenvalue weighted by molar-refractivity contribution is 7.92. The first-order chi connectivity index (χ1) is 15.7. The van der Waals surface area contributed by atoms with Crippen LogP contribution in [0, 0.1) is 23.2 Å². The largest absolute Gasteiger partial charge is 0.414 e. The number of fused-ring (bicyclic) bond motifs is 1. The summed E-state index contributed by atoms with van der Waals surface area (Å²) in [7, 11) is -5.10. The third kappa shape index (κ3) is 4.56. The number of rotatable bonds is 5. The summed E-state index contributed by atoms with van der Waals surface area (Å²) in [5, 5.41) is -0.317. The van der Waals surface area contributed by atoms with Gasteiger partial charge in [-0.1, -0.05) is 51.8 Å². The van der Waals surface area contributed by atoms with Gasteiger partial charge in [-0.3, -0.25) is 0 Å². The zero-order valence-electron chi connectivity index (χ0n) is 22.4. The molecule has 2 saturated carbocycles. The van der Waals surface area contributed by atoms with Crippen LogP contribution < -0.4 is 0 Å². The molecular weight excluding hydrogens is 460 g/mol. The number of sulfone groups is 1. The molecule has 6 atom stereocenters. The Morgan fingerprint density at radius 1 is 1.15 bits per heavy atom.